The summed E-state index contributed by atoms with van der Waals surface area (Å²) in [5.41, 5.74) is 4.13. The van der Waals surface area contributed by atoms with Crippen LogP contribution in [0.5, 0.6) is 0 Å². The fourth-order valence-electron chi connectivity index (χ4n) is 2.53. The summed E-state index contributed by atoms with van der Waals surface area (Å²) < 4.78 is 5.19. The van der Waals surface area contributed by atoms with Crippen molar-refractivity contribution in [2.75, 3.05) is 6.61 Å². The molecular weight excluding hydrogens is 318 g/mol. The zero-order valence-electron chi connectivity index (χ0n) is 13.0. The van der Waals surface area contributed by atoms with Gasteiger partial charge in [0.15, 0.2) is 0 Å². The zero-order chi connectivity index (χ0) is 16.4. The summed E-state index contributed by atoms with van der Waals surface area (Å²) >= 11 is 6.04. The van der Waals surface area contributed by atoms with Gasteiger partial charge in [-0.1, -0.05) is 60.2 Å². The van der Waals surface area contributed by atoms with E-state index in [1.165, 1.54) is 5.56 Å². The topological polar surface area (TPSA) is 25.4 Å². The van der Waals surface area contributed by atoms with Gasteiger partial charge in [-0.3, -0.25) is 0 Å². The Balaban J connectivity index is 1.56. The van der Waals surface area contributed by atoms with Crippen LogP contribution >= 0.6 is 11.6 Å². The van der Waals surface area contributed by atoms with Crippen LogP contribution in [0.2, 0.25) is 5.02 Å². The molecule has 3 aromatic rings. The number of hydrogen-bond acceptors (Lipinski definition) is 2. The number of fused-ring (bicyclic) bond motifs is 1. The molecule has 2 aromatic carbocycles. The molecule has 0 N–H and O–H groups in total. The predicted octanol–water partition coefficient (Wildman–Crippen LogP) is 5.47. The van der Waals surface area contributed by atoms with Gasteiger partial charge in [-0.05, 0) is 41.5 Å². The third kappa shape index (κ3) is 3.73. The van der Waals surface area contributed by atoms with E-state index in [1.807, 2.05) is 30.3 Å². The van der Waals surface area contributed by atoms with Crippen LogP contribution in [0.15, 0.2) is 60.7 Å². The fourth-order valence-corrected chi connectivity index (χ4v) is 2.70. The number of nitrogens with zero attached hydrogens (tertiary/aromatic N) is 1. The standard InChI is InChI=1S/C21H16ClNO/c22-18-8-6-17-7-10-19(23-21(17)13-18)9-4-15-2-1-3-16(12-15)5-11-20-14-24-20/h1-13,20H,14H2. The number of epoxide rings is 1. The average molecular weight is 334 g/mol. The van der Waals surface area contributed by atoms with E-state index in [1.54, 1.807) is 0 Å². The Morgan fingerprint density at radius 1 is 0.958 bits per heavy atom. The Morgan fingerprint density at radius 2 is 1.75 bits per heavy atom. The second-order valence-corrected chi connectivity index (χ2v) is 6.24. The average Bonchev–Trinajstić information content (AvgIpc) is 3.42. The van der Waals surface area contributed by atoms with Crippen molar-refractivity contribution in [1.29, 1.82) is 0 Å². The molecule has 1 atom stereocenters. The molecular formula is C21H16ClNO. The van der Waals surface area contributed by atoms with Crippen molar-refractivity contribution in [2.24, 2.45) is 0 Å². The Hall–Kier alpha value is -2.42. The minimum Gasteiger partial charge on any atom is -0.369 e. The van der Waals surface area contributed by atoms with Crippen LogP contribution in [-0.2, 0) is 4.74 Å². The molecule has 4 rings (SSSR count). The van der Waals surface area contributed by atoms with Gasteiger partial charge in [-0.15, -0.1) is 0 Å². The Labute approximate surface area is 146 Å². The third-order valence-electron chi connectivity index (χ3n) is 3.90. The monoisotopic (exact) mass is 333 g/mol. The van der Waals surface area contributed by atoms with E-state index in [4.69, 9.17) is 16.3 Å². The van der Waals surface area contributed by atoms with E-state index < -0.39 is 0 Å². The first kappa shape index (κ1) is 15.1. The van der Waals surface area contributed by atoms with Crippen LogP contribution < -0.4 is 0 Å². The summed E-state index contributed by atoms with van der Waals surface area (Å²) in [4.78, 5) is 4.64. The molecule has 0 amide bonds. The summed E-state index contributed by atoms with van der Waals surface area (Å²) in [6.07, 6.45) is 8.59. The summed E-state index contributed by atoms with van der Waals surface area (Å²) in [5.74, 6) is 0. The van der Waals surface area contributed by atoms with Crippen molar-refractivity contribution in [3.8, 4) is 0 Å². The molecule has 0 spiro atoms. The van der Waals surface area contributed by atoms with Gasteiger partial charge in [0.1, 0.15) is 0 Å². The lowest BCUT2D eigenvalue weighted by molar-refractivity contribution is 0.440. The van der Waals surface area contributed by atoms with Crippen molar-refractivity contribution < 1.29 is 4.74 Å². The molecule has 1 aliphatic rings. The Morgan fingerprint density at radius 3 is 2.58 bits per heavy atom. The smallest absolute Gasteiger partial charge is 0.0994 e. The highest BCUT2D eigenvalue weighted by atomic mass is 35.5. The summed E-state index contributed by atoms with van der Waals surface area (Å²) in [7, 11) is 0. The first-order valence-electron chi connectivity index (χ1n) is 7.90. The number of benzene rings is 2. The van der Waals surface area contributed by atoms with E-state index in [0.717, 1.165) is 28.8 Å². The van der Waals surface area contributed by atoms with Crippen LogP contribution in [0.1, 0.15) is 16.8 Å². The normalized spacial score (nSPS) is 17.1. The number of pyridine rings is 1. The lowest BCUT2D eigenvalue weighted by atomic mass is 10.1. The fraction of sp³-hybridized carbons (Fsp3) is 0.0952. The van der Waals surface area contributed by atoms with Gasteiger partial charge in [-0.2, -0.15) is 0 Å². The molecule has 0 radical (unpaired) electrons. The molecule has 3 heteroatoms. The minimum absolute atomic E-state index is 0.304. The largest absolute Gasteiger partial charge is 0.369 e. The SMILES string of the molecule is Clc1ccc2ccc(C=Cc3cccc(C=CC4CO4)c3)nc2c1. The lowest BCUT2D eigenvalue weighted by Crippen LogP contribution is -1.83. The van der Waals surface area contributed by atoms with Crippen LogP contribution in [0, 0.1) is 0 Å². The molecule has 1 fully saturated rings. The molecule has 24 heavy (non-hydrogen) atoms. The molecule has 1 aliphatic heterocycles. The molecule has 0 saturated carbocycles. The number of ether oxygens (including phenoxy) is 1. The Kier molecular flexibility index (Phi) is 4.16. The minimum atomic E-state index is 0.304. The van der Waals surface area contributed by atoms with Gasteiger partial charge in [-0.25, -0.2) is 4.98 Å². The Bertz CT molecular complexity index is 941. The van der Waals surface area contributed by atoms with E-state index in [-0.39, 0.29) is 0 Å². The summed E-state index contributed by atoms with van der Waals surface area (Å²) in [5, 5.41) is 1.79. The predicted molar refractivity (Wildman–Crippen MR) is 101 cm³/mol. The number of hydrogen-bond donors (Lipinski definition) is 0. The van der Waals surface area contributed by atoms with Crippen LogP contribution in [0.3, 0.4) is 0 Å². The first-order valence-corrected chi connectivity index (χ1v) is 8.28. The van der Waals surface area contributed by atoms with Crippen molar-refractivity contribution >= 4 is 40.7 Å². The van der Waals surface area contributed by atoms with E-state index in [2.05, 4.69) is 53.5 Å². The highest BCUT2D eigenvalue weighted by molar-refractivity contribution is 6.31. The maximum Gasteiger partial charge on any atom is 0.0994 e. The van der Waals surface area contributed by atoms with E-state index in [0.29, 0.717) is 11.1 Å². The third-order valence-corrected chi connectivity index (χ3v) is 4.13. The maximum absolute atomic E-state index is 6.04. The highest BCUT2D eigenvalue weighted by Gasteiger charge is 2.17. The molecule has 2 heterocycles. The van der Waals surface area contributed by atoms with Gasteiger partial charge in [0.2, 0.25) is 0 Å². The second-order valence-electron chi connectivity index (χ2n) is 5.81. The molecule has 0 bridgehead atoms. The molecule has 118 valence electrons. The highest BCUT2D eigenvalue weighted by Crippen LogP contribution is 2.19. The van der Waals surface area contributed by atoms with Crippen molar-refractivity contribution in [3.05, 3.63) is 82.5 Å². The van der Waals surface area contributed by atoms with Gasteiger partial charge < -0.3 is 4.74 Å². The van der Waals surface area contributed by atoms with Crippen molar-refractivity contribution in [1.82, 2.24) is 4.98 Å². The zero-order valence-corrected chi connectivity index (χ0v) is 13.8. The van der Waals surface area contributed by atoms with Gasteiger partial charge in [0.25, 0.3) is 0 Å². The summed E-state index contributed by atoms with van der Waals surface area (Å²) in [6.45, 7) is 0.841. The first-order chi connectivity index (χ1) is 11.8. The maximum atomic E-state index is 6.04. The molecule has 1 aromatic heterocycles. The lowest BCUT2D eigenvalue weighted by Gasteiger charge is -2.00. The quantitative estimate of drug-likeness (QED) is 0.591. The number of halogens is 1. The van der Waals surface area contributed by atoms with Gasteiger partial charge in [0.05, 0.1) is 23.9 Å². The molecule has 0 aliphatic carbocycles. The van der Waals surface area contributed by atoms with Crippen LogP contribution in [0.25, 0.3) is 29.1 Å². The van der Waals surface area contributed by atoms with Gasteiger partial charge >= 0.3 is 0 Å². The van der Waals surface area contributed by atoms with Gasteiger partial charge in [0, 0.05) is 10.4 Å². The van der Waals surface area contributed by atoms with Crippen LogP contribution in [-0.4, -0.2) is 17.7 Å². The number of rotatable bonds is 4. The summed E-state index contributed by atoms with van der Waals surface area (Å²) in [6, 6.07) is 18.2. The number of aromatic nitrogens is 1. The molecule has 1 unspecified atom stereocenters. The van der Waals surface area contributed by atoms with E-state index in [9.17, 15) is 0 Å². The van der Waals surface area contributed by atoms with Crippen molar-refractivity contribution in [2.45, 2.75) is 6.10 Å². The van der Waals surface area contributed by atoms with Crippen molar-refractivity contribution in [3.63, 3.8) is 0 Å². The molecule has 2 nitrogen and oxygen atoms in total. The van der Waals surface area contributed by atoms with Crippen LogP contribution in [0.4, 0.5) is 0 Å². The second kappa shape index (κ2) is 6.60. The molecule has 1 saturated heterocycles. The van der Waals surface area contributed by atoms with E-state index >= 15 is 0 Å².